The minimum absolute atomic E-state index is 0.153. The SMILES string of the molecule is CC(C)N(CCO)Cc1cnc(N)cn1. The lowest BCUT2D eigenvalue weighted by Crippen LogP contribution is -2.33. The van der Waals surface area contributed by atoms with Crippen LogP contribution in [0.3, 0.4) is 0 Å². The summed E-state index contributed by atoms with van der Waals surface area (Å²) < 4.78 is 0. The van der Waals surface area contributed by atoms with Crippen LogP contribution in [0.1, 0.15) is 19.5 Å². The Morgan fingerprint density at radius 2 is 2.13 bits per heavy atom. The standard InChI is InChI=1S/C10H18N4O/c1-8(2)14(3-4-15)7-9-5-13-10(11)6-12-9/h5-6,8,15H,3-4,7H2,1-2H3,(H2,11,13). The molecule has 0 radical (unpaired) electrons. The molecule has 84 valence electrons. The molecule has 0 spiro atoms. The molecular weight excluding hydrogens is 192 g/mol. The van der Waals surface area contributed by atoms with Gasteiger partial charge < -0.3 is 10.8 Å². The van der Waals surface area contributed by atoms with Crippen molar-refractivity contribution in [3.8, 4) is 0 Å². The van der Waals surface area contributed by atoms with Gasteiger partial charge in [-0.3, -0.25) is 9.88 Å². The van der Waals surface area contributed by atoms with Crippen LogP contribution in [0.25, 0.3) is 0 Å². The van der Waals surface area contributed by atoms with E-state index in [0.717, 1.165) is 5.69 Å². The van der Waals surface area contributed by atoms with E-state index in [9.17, 15) is 0 Å². The first-order valence-electron chi connectivity index (χ1n) is 5.04. The maximum absolute atomic E-state index is 8.91. The van der Waals surface area contributed by atoms with Crippen molar-refractivity contribution < 1.29 is 5.11 Å². The van der Waals surface area contributed by atoms with Crippen molar-refractivity contribution in [1.29, 1.82) is 0 Å². The summed E-state index contributed by atoms with van der Waals surface area (Å²) in [4.78, 5) is 10.3. The summed E-state index contributed by atoms with van der Waals surface area (Å²) in [5.41, 5.74) is 6.32. The Bertz CT molecular complexity index is 286. The van der Waals surface area contributed by atoms with Gasteiger partial charge in [-0.15, -0.1) is 0 Å². The maximum atomic E-state index is 8.91. The van der Waals surface area contributed by atoms with Crippen LogP contribution in [0.15, 0.2) is 12.4 Å². The second-order valence-electron chi connectivity index (χ2n) is 3.72. The summed E-state index contributed by atoms with van der Waals surface area (Å²) in [5.74, 6) is 0.428. The highest BCUT2D eigenvalue weighted by Gasteiger charge is 2.10. The lowest BCUT2D eigenvalue weighted by molar-refractivity contribution is 0.157. The molecule has 5 heteroatoms. The van der Waals surface area contributed by atoms with Gasteiger partial charge in [-0.1, -0.05) is 0 Å². The van der Waals surface area contributed by atoms with E-state index in [0.29, 0.717) is 24.9 Å². The fourth-order valence-corrected chi connectivity index (χ4v) is 1.30. The van der Waals surface area contributed by atoms with E-state index >= 15 is 0 Å². The van der Waals surface area contributed by atoms with Crippen molar-refractivity contribution >= 4 is 5.82 Å². The first-order valence-corrected chi connectivity index (χ1v) is 5.04. The molecule has 0 saturated heterocycles. The molecule has 1 aromatic heterocycles. The predicted octanol–water partition coefficient (Wildman–Crippen LogP) is 0.261. The number of anilines is 1. The summed E-state index contributed by atoms with van der Waals surface area (Å²) in [6.07, 6.45) is 3.22. The summed E-state index contributed by atoms with van der Waals surface area (Å²) in [6.45, 7) is 5.65. The number of aliphatic hydroxyl groups is 1. The molecule has 0 amide bonds. The van der Waals surface area contributed by atoms with E-state index in [1.165, 1.54) is 0 Å². The van der Waals surface area contributed by atoms with Gasteiger partial charge in [0.15, 0.2) is 0 Å². The molecule has 5 nitrogen and oxygen atoms in total. The van der Waals surface area contributed by atoms with Gasteiger partial charge in [-0.25, -0.2) is 4.98 Å². The highest BCUT2D eigenvalue weighted by molar-refractivity contribution is 5.22. The Morgan fingerprint density at radius 3 is 2.60 bits per heavy atom. The van der Waals surface area contributed by atoms with E-state index in [1.807, 2.05) is 0 Å². The van der Waals surface area contributed by atoms with Crippen molar-refractivity contribution in [3.05, 3.63) is 18.1 Å². The normalized spacial score (nSPS) is 11.3. The van der Waals surface area contributed by atoms with Gasteiger partial charge in [0.2, 0.25) is 0 Å². The number of hydrogen-bond donors (Lipinski definition) is 2. The first-order chi connectivity index (χ1) is 7.13. The molecule has 0 bridgehead atoms. The van der Waals surface area contributed by atoms with Gasteiger partial charge in [-0.05, 0) is 13.8 Å². The number of aromatic nitrogens is 2. The van der Waals surface area contributed by atoms with E-state index in [1.54, 1.807) is 12.4 Å². The second-order valence-corrected chi connectivity index (χ2v) is 3.72. The molecule has 0 saturated carbocycles. The lowest BCUT2D eigenvalue weighted by Gasteiger charge is -2.24. The number of hydrogen-bond acceptors (Lipinski definition) is 5. The number of nitrogens with two attached hydrogens (primary N) is 1. The molecule has 0 atom stereocenters. The van der Waals surface area contributed by atoms with Gasteiger partial charge in [0.05, 0.1) is 24.7 Å². The number of aliphatic hydroxyl groups excluding tert-OH is 1. The van der Waals surface area contributed by atoms with Crippen molar-refractivity contribution in [2.45, 2.75) is 26.4 Å². The van der Waals surface area contributed by atoms with Crippen LogP contribution >= 0.6 is 0 Å². The highest BCUT2D eigenvalue weighted by atomic mass is 16.3. The van der Waals surface area contributed by atoms with Crippen molar-refractivity contribution in [2.24, 2.45) is 0 Å². The summed E-state index contributed by atoms with van der Waals surface area (Å²) >= 11 is 0. The van der Waals surface area contributed by atoms with E-state index < -0.39 is 0 Å². The Morgan fingerprint density at radius 1 is 1.40 bits per heavy atom. The number of nitrogens with zero attached hydrogens (tertiary/aromatic N) is 3. The third-order valence-corrected chi connectivity index (χ3v) is 2.21. The van der Waals surface area contributed by atoms with Crippen LogP contribution in [-0.4, -0.2) is 39.2 Å². The molecule has 3 N–H and O–H groups in total. The topological polar surface area (TPSA) is 75.3 Å². The molecule has 0 aliphatic heterocycles. The zero-order valence-electron chi connectivity index (χ0n) is 9.22. The number of rotatable bonds is 5. The van der Waals surface area contributed by atoms with Crippen molar-refractivity contribution in [2.75, 3.05) is 18.9 Å². The monoisotopic (exact) mass is 210 g/mol. The van der Waals surface area contributed by atoms with Gasteiger partial charge in [0, 0.05) is 19.1 Å². The largest absolute Gasteiger partial charge is 0.395 e. The van der Waals surface area contributed by atoms with Crippen LogP contribution in [0.4, 0.5) is 5.82 Å². The van der Waals surface area contributed by atoms with Gasteiger partial charge in [0.1, 0.15) is 5.82 Å². The predicted molar refractivity (Wildman–Crippen MR) is 59.1 cm³/mol. The lowest BCUT2D eigenvalue weighted by atomic mass is 10.3. The number of nitrogen functional groups attached to an aromatic ring is 1. The second kappa shape index (κ2) is 5.63. The van der Waals surface area contributed by atoms with Crippen LogP contribution in [0.2, 0.25) is 0 Å². The molecule has 15 heavy (non-hydrogen) atoms. The van der Waals surface area contributed by atoms with Crippen LogP contribution in [0, 0.1) is 0 Å². The zero-order chi connectivity index (χ0) is 11.3. The van der Waals surface area contributed by atoms with Crippen molar-refractivity contribution in [1.82, 2.24) is 14.9 Å². The van der Waals surface area contributed by atoms with E-state index in [4.69, 9.17) is 10.8 Å². The maximum Gasteiger partial charge on any atom is 0.141 e. The minimum Gasteiger partial charge on any atom is -0.395 e. The smallest absolute Gasteiger partial charge is 0.141 e. The quantitative estimate of drug-likeness (QED) is 0.729. The summed E-state index contributed by atoms with van der Waals surface area (Å²) in [5, 5.41) is 8.91. The molecule has 0 unspecified atom stereocenters. The van der Waals surface area contributed by atoms with Crippen molar-refractivity contribution in [3.63, 3.8) is 0 Å². The van der Waals surface area contributed by atoms with Gasteiger partial charge in [-0.2, -0.15) is 0 Å². The van der Waals surface area contributed by atoms with Crippen LogP contribution in [-0.2, 0) is 6.54 Å². The minimum atomic E-state index is 0.153. The van der Waals surface area contributed by atoms with Gasteiger partial charge >= 0.3 is 0 Å². The van der Waals surface area contributed by atoms with Crippen LogP contribution in [0.5, 0.6) is 0 Å². The van der Waals surface area contributed by atoms with E-state index in [2.05, 4.69) is 28.7 Å². The Balaban J connectivity index is 2.61. The molecule has 0 aliphatic carbocycles. The molecule has 1 aromatic rings. The Hall–Kier alpha value is -1.20. The molecule has 1 heterocycles. The Labute approximate surface area is 90.0 Å². The average Bonchev–Trinajstić information content (AvgIpc) is 2.20. The Kier molecular flexibility index (Phi) is 4.45. The van der Waals surface area contributed by atoms with Crippen LogP contribution < -0.4 is 5.73 Å². The average molecular weight is 210 g/mol. The first kappa shape index (κ1) is 11.9. The zero-order valence-corrected chi connectivity index (χ0v) is 9.22. The third kappa shape index (κ3) is 3.81. The third-order valence-electron chi connectivity index (χ3n) is 2.21. The molecule has 0 fully saturated rings. The van der Waals surface area contributed by atoms with E-state index in [-0.39, 0.29) is 6.61 Å². The fraction of sp³-hybridized carbons (Fsp3) is 0.600. The molecule has 0 aromatic carbocycles. The van der Waals surface area contributed by atoms with Gasteiger partial charge in [0.25, 0.3) is 0 Å². The highest BCUT2D eigenvalue weighted by Crippen LogP contribution is 2.05. The molecular formula is C10H18N4O. The summed E-state index contributed by atoms with van der Waals surface area (Å²) in [6, 6.07) is 0.372. The molecule has 0 aliphatic rings. The molecule has 1 rings (SSSR count). The fourth-order valence-electron chi connectivity index (χ4n) is 1.30. The summed E-state index contributed by atoms with van der Waals surface area (Å²) in [7, 11) is 0.